The molecule has 7 heteroatoms. The van der Waals surface area contributed by atoms with Crippen molar-refractivity contribution in [1.82, 2.24) is 19.3 Å². The topological polar surface area (TPSA) is 52.7 Å². The normalized spacial score (nSPS) is 11.1. The van der Waals surface area contributed by atoms with Crippen LogP contribution in [0.15, 0.2) is 41.8 Å². The quantitative estimate of drug-likeness (QED) is 0.408. The molecule has 5 nitrogen and oxygen atoms in total. The Labute approximate surface area is 168 Å². The molecule has 0 atom stereocenters. The van der Waals surface area contributed by atoms with Crippen molar-refractivity contribution >= 4 is 29.1 Å². The van der Waals surface area contributed by atoms with Gasteiger partial charge in [-0.25, -0.2) is 0 Å². The first-order valence-corrected chi connectivity index (χ1v) is 10.3. The van der Waals surface area contributed by atoms with Gasteiger partial charge in [-0.05, 0) is 51.0 Å². The summed E-state index contributed by atoms with van der Waals surface area (Å²) in [7, 11) is 0. The number of hydrogen-bond donors (Lipinski definition) is 0. The summed E-state index contributed by atoms with van der Waals surface area (Å²) in [4.78, 5) is 12.7. The molecule has 0 aliphatic carbocycles. The fraction of sp³-hybridized carbons (Fsp3) is 0.350. The smallest absolute Gasteiger partial charge is 0.191 e. The molecule has 0 aliphatic heterocycles. The molecule has 0 aliphatic rings. The van der Waals surface area contributed by atoms with Crippen molar-refractivity contribution < 1.29 is 4.79 Å². The highest BCUT2D eigenvalue weighted by atomic mass is 35.5. The van der Waals surface area contributed by atoms with Gasteiger partial charge in [-0.3, -0.25) is 4.79 Å². The number of hydrogen-bond acceptors (Lipinski definition) is 4. The first-order valence-electron chi connectivity index (χ1n) is 8.94. The summed E-state index contributed by atoms with van der Waals surface area (Å²) in [5, 5.41) is 9.51. The third-order valence-corrected chi connectivity index (χ3v) is 5.90. The van der Waals surface area contributed by atoms with Gasteiger partial charge in [0.05, 0.1) is 5.75 Å². The number of thioether (sulfide) groups is 1. The van der Waals surface area contributed by atoms with Crippen molar-refractivity contribution in [2.75, 3.05) is 5.75 Å². The van der Waals surface area contributed by atoms with Gasteiger partial charge in [0.15, 0.2) is 10.9 Å². The van der Waals surface area contributed by atoms with Gasteiger partial charge in [0, 0.05) is 35.1 Å². The molecule has 0 unspecified atom stereocenters. The van der Waals surface area contributed by atoms with Crippen LogP contribution < -0.4 is 0 Å². The molecule has 2 aromatic heterocycles. The van der Waals surface area contributed by atoms with Gasteiger partial charge in [0.1, 0.15) is 6.33 Å². The van der Waals surface area contributed by atoms with Crippen molar-refractivity contribution in [3.05, 3.63) is 64.2 Å². The highest BCUT2D eigenvalue weighted by molar-refractivity contribution is 7.99. The van der Waals surface area contributed by atoms with E-state index >= 15 is 0 Å². The van der Waals surface area contributed by atoms with Crippen molar-refractivity contribution in [2.45, 2.75) is 45.4 Å². The Bertz CT molecular complexity index is 930. The second kappa shape index (κ2) is 8.76. The SMILES string of the molecule is CCn1cnnc1SCC(=O)c1cc(C)n(CCc2ccc(Cl)cc2)c1C. The third kappa shape index (κ3) is 4.62. The molecule has 1 aromatic carbocycles. The number of aromatic nitrogens is 4. The van der Waals surface area contributed by atoms with E-state index in [0.717, 1.165) is 46.6 Å². The minimum absolute atomic E-state index is 0.122. The first kappa shape index (κ1) is 19.7. The first-order chi connectivity index (χ1) is 13.0. The van der Waals surface area contributed by atoms with E-state index in [4.69, 9.17) is 11.6 Å². The fourth-order valence-electron chi connectivity index (χ4n) is 3.10. The van der Waals surface area contributed by atoms with E-state index in [-0.39, 0.29) is 5.78 Å². The lowest BCUT2D eigenvalue weighted by Crippen LogP contribution is -2.09. The molecule has 0 radical (unpaired) electrons. The highest BCUT2D eigenvalue weighted by Gasteiger charge is 2.17. The van der Waals surface area contributed by atoms with Gasteiger partial charge < -0.3 is 9.13 Å². The number of nitrogens with zero attached hydrogens (tertiary/aromatic N) is 4. The van der Waals surface area contributed by atoms with Crippen LogP contribution in [0.25, 0.3) is 0 Å². The Balaban J connectivity index is 1.67. The molecule has 0 amide bonds. The molecular formula is C20H23ClN4OS. The Morgan fingerprint density at radius 3 is 2.67 bits per heavy atom. The van der Waals surface area contributed by atoms with Crippen LogP contribution in [0.2, 0.25) is 5.02 Å². The number of carbonyl (C=O) groups is 1. The number of Topliss-reactive ketones (excluding diaryl/α,β-unsaturated/α-hetero) is 1. The number of ketones is 1. The van der Waals surface area contributed by atoms with E-state index in [1.54, 1.807) is 6.33 Å². The van der Waals surface area contributed by atoms with E-state index in [2.05, 4.69) is 14.8 Å². The Kier molecular flexibility index (Phi) is 6.39. The molecule has 0 bridgehead atoms. The monoisotopic (exact) mass is 402 g/mol. The second-order valence-electron chi connectivity index (χ2n) is 6.42. The number of rotatable bonds is 8. The summed E-state index contributed by atoms with van der Waals surface area (Å²) in [6, 6.07) is 9.90. The maximum atomic E-state index is 12.7. The summed E-state index contributed by atoms with van der Waals surface area (Å²) >= 11 is 7.38. The Hall–Kier alpha value is -2.05. The van der Waals surface area contributed by atoms with Crippen molar-refractivity contribution in [1.29, 1.82) is 0 Å². The third-order valence-electron chi connectivity index (χ3n) is 4.66. The van der Waals surface area contributed by atoms with Gasteiger partial charge in [-0.15, -0.1) is 10.2 Å². The molecule has 0 N–H and O–H groups in total. The van der Waals surface area contributed by atoms with Crippen LogP contribution in [0.1, 0.15) is 34.2 Å². The molecule has 3 rings (SSSR count). The zero-order valence-electron chi connectivity index (χ0n) is 15.8. The molecule has 0 spiro atoms. The Morgan fingerprint density at radius 2 is 1.96 bits per heavy atom. The number of carbonyl (C=O) groups excluding carboxylic acids is 1. The summed E-state index contributed by atoms with van der Waals surface area (Å²) in [6.45, 7) is 7.73. The minimum Gasteiger partial charge on any atom is -0.348 e. The molecule has 3 aromatic rings. The average Bonchev–Trinajstić information content (AvgIpc) is 3.23. The molecule has 2 heterocycles. The van der Waals surface area contributed by atoms with E-state index in [9.17, 15) is 4.79 Å². The van der Waals surface area contributed by atoms with Crippen LogP contribution in [0.5, 0.6) is 0 Å². The van der Waals surface area contributed by atoms with E-state index in [1.165, 1.54) is 17.3 Å². The molecule has 142 valence electrons. The second-order valence-corrected chi connectivity index (χ2v) is 7.80. The zero-order chi connectivity index (χ0) is 19.4. The van der Waals surface area contributed by atoms with Gasteiger partial charge in [0.25, 0.3) is 0 Å². The van der Waals surface area contributed by atoms with E-state index in [0.29, 0.717) is 5.75 Å². The van der Waals surface area contributed by atoms with E-state index < -0.39 is 0 Å². The number of aryl methyl sites for hydroxylation is 3. The molecule has 0 saturated carbocycles. The Morgan fingerprint density at radius 1 is 1.22 bits per heavy atom. The molecule has 0 saturated heterocycles. The predicted molar refractivity (Wildman–Crippen MR) is 110 cm³/mol. The summed E-state index contributed by atoms with van der Waals surface area (Å²) in [5.41, 5.74) is 4.14. The fourth-order valence-corrected chi connectivity index (χ4v) is 4.09. The number of benzene rings is 1. The predicted octanol–water partition coefficient (Wildman–Crippen LogP) is 4.59. The maximum Gasteiger partial charge on any atom is 0.191 e. The lowest BCUT2D eigenvalue weighted by atomic mass is 10.1. The highest BCUT2D eigenvalue weighted by Crippen LogP contribution is 2.21. The lowest BCUT2D eigenvalue weighted by molar-refractivity contribution is 0.102. The summed E-state index contributed by atoms with van der Waals surface area (Å²) in [6.07, 6.45) is 2.59. The van der Waals surface area contributed by atoms with Crippen molar-refractivity contribution in [3.63, 3.8) is 0 Å². The van der Waals surface area contributed by atoms with Crippen LogP contribution in [-0.2, 0) is 19.5 Å². The van der Waals surface area contributed by atoms with Gasteiger partial charge in [-0.1, -0.05) is 35.5 Å². The minimum atomic E-state index is 0.122. The molecular weight excluding hydrogens is 380 g/mol. The van der Waals surface area contributed by atoms with Crippen LogP contribution in [0, 0.1) is 13.8 Å². The lowest BCUT2D eigenvalue weighted by Gasteiger charge is -2.10. The summed E-state index contributed by atoms with van der Waals surface area (Å²) in [5.74, 6) is 0.483. The standard InChI is InChI=1S/C20H23ClN4OS/c1-4-24-13-22-23-20(24)27-12-19(26)18-11-14(2)25(15(18)3)10-9-16-5-7-17(21)8-6-16/h5-8,11,13H,4,9-10,12H2,1-3H3. The van der Waals surface area contributed by atoms with Crippen molar-refractivity contribution in [3.8, 4) is 0 Å². The molecule has 0 fully saturated rings. The van der Waals surface area contributed by atoms with Crippen LogP contribution in [-0.4, -0.2) is 30.9 Å². The number of halogens is 1. The zero-order valence-corrected chi connectivity index (χ0v) is 17.3. The van der Waals surface area contributed by atoms with E-state index in [1.807, 2.05) is 55.7 Å². The largest absolute Gasteiger partial charge is 0.348 e. The van der Waals surface area contributed by atoms with Gasteiger partial charge >= 0.3 is 0 Å². The molecule has 27 heavy (non-hydrogen) atoms. The van der Waals surface area contributed by atoms with Crippen molar-refractivity contribution in [2.24, 2.45) is 0 Å². The van der Waals surface area contributed by atoms with Crippen LogP contribution in [0.4, 0.5) is 0 Å². The van der Waals surface area contributed by atoms with Gasteiger partial charge in [0.2, 0.25) is 0 Å². The maximum absolute atomic E-state index is 12.7. The average molecular weight is 403 g/mol. The van der Waals surface area contributed by atoms with Crippen LogP contribution >= 0.6 is 23.4 Å². The summed E-state index contributed by atoms with van der Waals surface area (Å²) < 4.78 is 4.15. The van der Waals surface area contributed by atoms with Gasteiger partial charge in [-0.2, -0.15) is 0 Å². The van der Waals surface area contributed by atoms with Crippen LogP contribution in [0.3, 0.4) is 0 Å².